The van der Waals surface area contributed by atoms with E-state index in [9.17, 15) is 28.4 Å². The van der Waals surface area contributed by atoms with Crippen LogP contribution in [0.15, 0.2) is 18.2 Å². The zero-order valence-corrected chi connectivity index (χ0v) is 15.3. The minimum atomic E-state index is -1.70. The van der Waals surface area contributed by atoms with Crippen LogP contribution in [0.3, 0.4) is 0 Å². The minimum Gasteiger partial charge on any atom is -0.426 e. The van der Waals surface area contributed by atoms with E-state index >= 15 is 0 Å². The van der Waals surface area contributed by atoms with Gasteiger partial charge in [-0.3, -0.25) is 9.59 Å². The molecule has 1 aliphatic rings. The van der Waals surface area contributed by atoms with Crippen LogP contribution in [0.25, 0.3) is 0 Å². The highest BCUT2D eigenvalue weighted by Crippen LogP contribution is 2.29. The van der Waals surface area contributed by atoms with Crippen LogP contribution < -0.4 is 15.5 Å². The summed E-state index contributed by atoms with van der Waals surface area (Å²) in [4.78, 5) is 25.6. The van der Waals surface area contributed by atoms with Crippen LogP contribution in [0, 0.1) is 17.6 Å². The summed E-state index contributed by atoms with van der Waals surface area (Å²) in [5, 5.41) is 23.5. The summed E-state index contributed by atoms with van der Waals surface area (Å²) in [6.45, 7) is 3.80. The Labute approximate surface area is 156 Å². The maximum absolute atomic E-state index is 13.9. The van der Waals surface area contributed by atoms with Crippen LogP contribution in [0.2, 0.25) is 0 Å². The highest BCUT2D eigenvalue weighted by Gasteiger charge is 2.36. The fraction of sp³-hybridized carbons (Fsp3) is 0.529. The number of anilines is 1. The second-order valence-corrected chi connectivity index (χ2v) is 7.03. The maximum atomic E-state index is 13.9. The second kappa shape index (κ2) is 9.14. The number of rotatable bonds is 8. The van der Waals surface area contributed by atoms with Crippen molar-refractivity contribution in [1.82, 2.24) is 10.6 Å². The number of amides is 2. The lowest BCUT2D eigenvalue weighted by atomic mass is 9.75. The number of hydrogen-bond donors (Lipinski definition) is 4. The summed E-state index contributed by atoms with van der Waals surface area (Å²) in [5.41, 5.74) is 0.00579. The molecule has 0 bridgehead atoms. The first-order valence-electron chi connectivity index (χ1n) is 8.84. The summed E-state index contributed by atoms with van der Waals surface area (Å²) in [5.74, 6) is -2.97. The van der Waals surface area contributed by atoms with E-state index in [1.54, 1.807) is 0 Å². The molecule has 0 saturated carbocycles. The summed E-state index contributed by atoms with van der Waals surface area (Å²) in [7, 11) is -1.70. The van der Waals surface area contributed by atoms with Crippen molar-refractivity contribution in [3.8, 4) is 0 Å². The lowest BCUT2D eigenvalue weighted by Crippen LogP contribution is -2.58. The Hall–Kier alpha value is -2.20. The van der Waals surface area contributed by atoms with Crippen LogP contribution in [0.5, 0.6) is 0 Å². The van der Waals surface area contributed by atoms with E-state index in [0.29, 0.717) is 19.4 Å². The third-order valence-electron chi connectivity index (χ3n) is 4.39. The molecule has 2 atom stereocenters. The van der Waals surface area contributed by atoms with E-state index < -0.39 is 42.6 Å². The van der Waals surface area contributed by atoms with Crippen molar-refractivity contribution in [2.75, 3.05) is 18.0 Å². The van der Waals surface area contributed by atoms with Gasteiger partial charge in [-0.15, -0.1) is 0 Å². The molecule has 0 spiro atoms. The highest BCUT2D eigenvalue weighted by atomic mass is 19.1. The van der Waals surface area contributed by atoms with Crippen molar-refractivity contribution in [1.29, 1.82) is 0 Å². The van der Waals surface area contributed by atoms with Gasteiger partial charge in [0, 0.05) is 12.6 Å². The molecule has 0 radical (unpaired) electrons. The number of carbonyl (C=O) groups is 2. The molecule has 1 aromatic carbocycles. The van der Waals surface area contributed by atoms with Crippen LogP contribution in [-0.4, -0.2) is 54.1 Å². The summed E-state index contributed by atoms with van der Waals surface area (Å²) in [6, 6.07) is 2.34. The standard InChI is InChI=1S/C17H24BF2N3O4/c1-10(2)7-15(18(26)27)22-16(24)9-21-17(25)13-5-6-23(13)14-8-11(19)3-4-12(14)20/h3-4,8,10,13,15,26-27H,5-7,9H2,1-2H3,(H,21,25)(H,22,24). The Morgan fingerprint density at radius 1 is 1.33 bits per heavy atom. The van der Waals surface area contributed by atoms with Crippen molar-refractivity contribution < 1.29 is 28.4 Å². The van der Waals surface area contributed by atoms with Crippen LogP contribution in [0.4, 0.5) is 14.5 Å². The van der Waals surface area contributed by atoms with Gasteiger partial charge in [-0.2, -0.15) is 0 Å². The average Bonchev–Trinajstić information content (AvgIpc) is 2.54. The summed E-state index contributed by atoms with van der Waals surface area (Å²) in [6.07, 6.45) is 0.821. The fourth-order valence-corrected chi connectivity index (χ4v) is 2.96. The van der Waals surface area contributed by atoms with Gasteiger partial charge in [-0.05, 0) is 30.9 Å². The van der Waals surface area contributed by atoms with Gasteiger partial charge in [-0.1, -0.05) is 13.8 Å². The molecule has 2 amide bonds. The first-order chi connectivity index (χ1) is 12.7. The van der Waals surface area contributed by atoms with Gasteiger partial charge in [0.15, 0.2) is 0 Å². The molecule has 148 valence electrons. The van der Waals surface area contributed by atoms with E-state index in [1.165, 1.54) is 4.90 Å². The molecular weight excluding hydrogens is 359 g/mol. The van der Waals surface area contributed by atoms with Gasteiger partial charge in [-0.25, -0.2) is 8.78 Å². The SMILES string of the molecule is CC(C)CC(NC(=O)CNC(=O)C1CCN1c1cc(F)ccc1F)B(O)O. The molecule has 0 aromatic heterocycles. The van der Waals surface area contributed by atoms with Crippen LogP contribution in [-0.2, 0) is 9.59 Å². The molecule has 4 N–H and O–H groups in total. The third-order valence-corrected chi connectivity index (χ3v) is 4.39. The zero-order chi connectivity index (χ0) is 20.1. The maximum Gasteiger partial charge on any atom is 0.475 e. The quantitative estimate of drug-likeness (QED) is 0.481. The van der Waals surface area contributed by atoms with Crippen molar-refractivity contribution in [3.05, 3.63) is 29.8 Å². The Bertz CT molecular complexity index is 690. The normalized spacial score (nSPS) is 17.3. The molecule has 0 aliphatic carbocycles. The van der Waals surface area contributed by atoms with E-state index in [1.807, 2.05) is 13.8 Å². The Balaban J connectivity index is 1.88. The molecule has 27 heavy (non-hydrogen) atoms. The number of hydrogen-bond acceptors (Lipinski definition) is 5. The zero-order valence-electron chi connectivity index (χ0n) is 15.3. The van der Waals surface area contributed by atoms with Gasteiger partial charge in [0.2, 0.25) is 11.8 Å². The molecule has 2 unspecified atom stereocenters. The van der Waals surface area contributed by atoms with E-state index in [4.69, 9.17) is 0 Å². The Morgan fingerprint density at radius 2 is 2.04 bits per heavy atom. The van der Waals surface area contributed by atoms with Crippen molar-refractivity contribution in [2.24, 2.45) is 5.92 Å². The molecule has 1 fully saturated rings. The molecular formula is C17H24BF2N3O4. The predicted octanol–water partition coefficient (Wildman–Crippen LogP) is 0.203. The molecule has 1 aliphatic heterocycles. The molecule has 1 heterocycles. The van der Waals surface area contributed by atoms with Gasteiger partial charge < -0.3 is 25.6 Å². The van der Waals surface area contributed by atoms with Crippen LogP contribution >= 0.6 is 0 Å². The van der Waals surface area contributed by atoms with Crippen molar-refractivity contribution >= 4 is 24.6 Å². The van der Waals surface area contributed by atoms with Crippen LogP contribution in [0.1, 0.15) is 26.7 Å². The topological polar surface area (TPSA) is 102 Å². The lowest BCUT2D eigenvalue weighted by Gasteiger charge is -2.41. The lowest BCUT2D eigenvalue weighted by molar-refractivity contribution is -0.127. The number of nitrogens with zero attached hydrogens (tertiary/aromatic N) is 1. The molecule has 1 saturated heterocycles. The number of nitrogens with one attached hydrogen (secondary N) is 2. The summed E-state index contributed by atoms with van der Waals surface area (Å²) >= 11 is 0. The minimum absolute atomic E-state index is 0.00579. The predicted molar refractivity (Wildman–Crippen MR) is 96.7 cm³/mol. The van der Waals surface area contributed by atoms with Crippen molar-refractivity contribution in [2.45, 2.75) is 38.7 Å². The van der Waals surface area contributed by atoms with Gasteiger partial charge in [0.05, 0.1) is 18.2 Å². The number of halogens is 2. The monoisotopic (exact) mass is 383 g/mol. The molecule has 2 rings (SSSR count). The van der Waals surface area contributed by atoms with Gasteiger partial charge in [0.25, 0.3) is 0 Å². The third kappa shape index (κ3) is 5.64. The first-order valence-corrected chi connectivity index (χ1v) is 8.84. The molecule has 1 aromatic rings. The van der Waals surface area contributed by atoms with Crippen molar-refractivity contribution in [3.63, 3.8) is 0 Å². The Morgan fingerprint density at radius 3 is 2.59 bits per heavy atom. The van der Waals surface area contributed by atoms with Gasteiger partial charge in [0.1, 0.15) is 17.7 Å². The van der Waals surface area contributed by atoms with E-state index in [-0.39, 0.29) is 18.2 Å². The second-order valence-electron chi connectivity index (χ2n) is 7.03. The Kier molecular flexibility index (Phi) is 7.15. The van der Waals surface area contributed by atoms with E-state index in [0.717, 1.165) is 18.2 Å². The average molecular weight is 383 g/mol. The highest BCUT2D eigenvalue weighted by molar-refractivity contribution is 6.43. The number of carbonyl (C=O) groups excluding carboxylic acids is 2. The molecule has 10 heteroatoms. The fourth-order valence-electron chi connectivity index (χ4n) is 2.96. The molecule has 7 nitrogen and oxygen atoms in total. The van der Waals surface area contributed by atoms with E-state index in [2.05, 4.69) is 10.6 Å². The largest absolute Gasteiger partial charge is 0.475 e. The first kappa shape index (κ1) is 21.1. The smallest absolute Gasteiger partial charge is 0.426 e. The summed E-state index contributed by atoms with van der Waals surface area (Å²) < 4.78 is 27.2. The van der Waals surface area contributed by atoms with Gasteiger partial charge >= 0.3 is 7.12 Å². The number of benzene rings is 1.